The number of aromatic amines is 1. The van der Waals surface area contributed by atoms with E-state index in [9.17, 15) is 4.79 Å². The molecule has 5 aromatic rings. The number of hydrogen-bond acceptors (Lipinski definition) is 3. The predicted molar refractivity (Wildman–Crippen MR) is 134 cm³/mol. The quantitative estimate of drug-likeness (QED) is 0.311. The molecule has 3 nitrogen and oxygen atoms in total. The van der Waals surface area contributed by atoms with E-state index in [1.54, 1.807) is 17.4 Å². The first-order chi connectivity index (χ1) is 15.7. The van der Waals surface area contributed by atoms with Crippen LogP contribution in [0.25, 0.3) is 23.1 Å². The Balaban J connectivity index is 1.65. The summed E-state index contributed by atoms with van der Waals surface area (Å²) in [5, 5.41) is 4.70. The molecule has 1 atom stereocenters. The minimum Gasteiger partial charge on any atom is -0.322 e. The van der Waals surface area contributed by atoms with Crippen LogP contribution >= 0.6 is 22.9 Å². The second-order valence-electron chi connectivity index (χ2n) is 7.49. The highest BCUT2D eigenvalue weighted by Crippen LogP contribution is 2.35. The summed E-state index contributed by atoms with van der Waals surface area (Å²) < 4.78 is 0. The zero-order chi connectivity index (χ0) is 21.9. The zero-order valence-corrected chi connectivity index (χ0v) is 18.6. The molecule has 0 aliphatic carbocycles. The smallest absolute Gasteiger partial charge is 0.249 e. The van der Waals surface area contributed by atoms with Gasteiger partial charge in [0.2, 0.25) is 5.56 Å². The van der Waals surface area contributed by atoms with E-state index in [2.05, 4.69) is 22.1 Å². The number of thiazole rings is 1. The van der Waals surface area contributed by atoms with E-state index in [4.69, 9.17) is 11.6 Å². The minimum absolute atomic E-state index is 0.0189. The summed E-state index contributed by atoms with van der Waals surface area (Å²) in [5.41, 5.74) is 4.88. The summed E-state index contributed by atoms with van der Waals surface area (Å²) in [6.07, 6.45) is 5.85. The van der Waals surface area contributed by atoms with Crippen LogP contribution in [-0.4, -0.2) is 9.97 Å². The molecule has 2 heterocycles. The third-order valence-electron chi connectivity index (χ3n) is 5.39. The van der Waals surface area contributed by atoms with Crippen molar-refractivity contribution in [2.45, 2.75) is 5.92 Å². The maximum Gasteiger partial charge on any atom is 0.249 e. The number of halogens is 1. The first-order valence-electron chi connectivity index (χ1n) is 10.2. The zero-order valence-electron chi connectivity index (χ0n) is 17.0. The van der Waals surface area contributed by atoms with Crippen LogP contribution in [0.2, 0.25) is 5.02 Å². The van der Waals surface area contributed by atoms with Crippen LogP contribution in [-0.2, 0) is 0 Å². The van der Waals surface area contributed by atoms with Gasteiger partial charge in [-0.1, -0.05) is 72.3 Å². The Morgan fingerprint density at radius 3 is 2.44 bits per heavy atom. The topological polar surface area (TPSA) is 45.8 Å². The van der Waals surface area contributed by atoms with Crippen molar-refractivity contribution in [3.8, 4) is 0 Å². The molecule has 1 N–H and O–H groups in total. The standard InChI is InChI=1S/C27H19ClN2OS/c28-22-11-8-19(9-12-22)26(27-29-14-15-32-27)21-10-13-24-23(16-21)20(17-25(31)30-24)7-6-18-4-2-1-3-5-18/h1-17,26H,(H,30,31)/b7-6+. The minimum atomic E-state index is -0.118. The fourth-order valence-corrected chi connectivity index (χ4v) is 4.79. The van der Waals surface area contributed by atoms with Crippen molar-refractivity contribution in [1.82, 2.24) is 9.97 Å². The van der Waals surface area contributed by atoms with Crippen molar-refractivity contribution >= 4 is 46.0 Å². The summed E-state index contributed by atoms with van der Waals surface area (Å²) in [6.45, 7) is 0. The van der Waals surface area contributed by atoms with Crippen LogP contribution in [0.5, 0.6) is 0 Å². The van der Waals surface area contributed by atoms with Crippen LogP contribution in [0, 0.1) is 0 Å². The van der Waals surface area contributed by atoms with Crippen LogP contribution in [0.1, 0.15) is 33.2 Å². The van der Waals surface area contributed by atoms with Gasteiger partial charge < -0.3 is 4.98 Å². The number of nitrogens with one attached hydrogen (secondary N) is 1. The molecule has 1 unspecified atom stereocenters. The van der Waals surface area contributed by atoms with E-state index in [1.807, 2.05) is 84.4 Å². The second-order valence-corrected chi connectivity index (χ2v) is 8.86. The number of pyridine rings is 1. The lowest BCUT2D eigenvalue weighted by Gasteiger charge is -2.17. The highest BCUT2D eigenvalue weighted by molar-refractivity contribution is 7.09. The van der Waals surface area contributed by atoms with Crippen LogP contribution in [0.15, 0.2) is 95.2 Å². The second kappa shape index (κ2) is 8.95. The Hall–Kier alpha value is -3.47. The van der Waals surface area contributed by atoms with E-state index in [0.717, 1.165) is 38.2 Å². The summed E-state index contributed by atoms with van der Waals surface area (Å²) in [7, 11) is 0. The summed E-state index contributed by atoms with van der Waals surface area (Å²) in [5.74, 6) is -0.0189. The van der Waals surface area contributed by atoms with Gasteiger partial charge in [-0.3, -0.25) is 4.79 Å². The first-order valence-corrected chi connectivity index (χ1v) is 11.5. The van der Waals surface area contributed by atoms with E-state index in [1.165, 1.54) is 0 Å². The largest absolute Gasteiger partial charge is 0.322 e. The van der Waals surface area contributed by atoms with Gasteiger partial charge in [0.15, 0.2) is 0 Å². The van der Waals surface area contributed by atoms with Crippen LogP contribution in [0.3, 0.4) is 0 Å². The number of hydrogen-bond donors (Lipinski definition) is 1. The Labute approximate surface area is 194 Å². The molecule has 0 fully saturated rings. The monoisotopic (exact) mass is 454 g/mol. The van der Waals surface area contributed by atoms with Crippen molar-refractivity contribution in [2.75, 3.05) is 0 Å². The first kappa shape index (κ1) is 20.4. The lowest BCUT2D eigenvalue weighted by molar-refractivity contribution is 0.958. The van der Waals surface area contributed by atoms with Gasteiger partial charge >= 0.3 is 0 Å². The number of H-pyrrole nitrogens is 1. The summed E-state index contributed by atoms with van der Waals surface area (Å²) in [4.78, 5) is 19.8. The Morgan fingerprint density at radius 1 is 0.906 bits per heavy atom. The van der Waals surface area contributed by atoms with Crippen LogP contribution < -0.4 is 5.56 Å². The maximum absolute atomic E-state index is 12.3. The fraction of sp³-hybridized carbons (Fsp3) is 0.0370. The molecule has 5 rings (SSSR count). The lowest BCUT2D eigenvalue weighted by atomic mass is 9.90. The third kappa shape index (κ3) is 4.28. The van der Waals surface area contributed by atoms with Gasteiger partial charge in [0.05, 0.1) is 5.92 Å². The molecule has 0 aliphatic heterocycles. The average molecular weight is 455 g/mol. The van der Waals surface area contributed by atoms with Gasteiger partial charge in [0, 0.05) is 33.6 Å². The summed E-state index contributed by atoms with van der Waals surface area (Å²) in [6, 6.07) is 25.8. The Kier molecular flexibility index (Phi) is 5.71. The number of benzene rings is 3. The number of fused-ring (bicyclic) bond motifs is 1. The number of aromatic nitrogens is 2. The molecule has 0 bridgehead atoms. The molecule has 156 valence electrons. The fourth-order valence-electron chi connectivity index (χ4n) is 3.87. The highest BCUT2D eigenvalue weighted by Gasteiger charge is 2.20. The molecule has 0 saturated heterocycles. The van der Waals surface area contributed by atoms with E-state index < -0.39 is 0 Å². The number of rotatable bonds is 5. The van der Waals surface area contributed by atoms with Gasteiger partial charge in [-0.15, -0.1) is 11.3 Å². The lowest BCUT2D eigenvalue weighted by Crippen LogP contribution is -2.07. The summed E-state index contributed by atoms with van der Waals surface area (Å²) >= 11 is 7.76. The molecule has 0 saturated carbocycles. The normalized spacial score (nSPS) is 12.4. The van der Waals surface area contributed by atoms with Crippen molar-refractivity contribution < 1.29 is 0 Å². The van der Waals surface area contributed by atoms with Gasteiger partial charge in [-0.05, 0) is 46.5 Å². The molecule has 2 aromatic heterocycles. The Morgan fingerprint density at radius 2 is 1.69 bits per heavy atom. The van der Waals surface area contributed by atoms with Gasteiger partial charge in [0.25, 0.3) is 0 Å². The highest BCUT2D eigenvalue weighted by atomic mass is 35.5. The van der Waals surface area contributed by atoms with Gasteiger partial charge in [-0.2, -0.15) is 0 Å². The SMILES string of the molecule is O=c1cc(/C=C/c2ccccc2)c2cc(C(c3ccc(Cl)cc3)c3nccs3)ccc2[nH]1. The predicted octanol–water partition coefficient (Wildman–Crippen LogP) is 6.99. The Bertz CT molecular complexity index is 1440. The van der Waals surface area contributed by atoms with Gasteiger partial charge in [-0.25, -0.2) is 4.98 Å². The van der Waals surface area contributed by atoms with E-state index in [0.29, 0.717) is 5.02 Å². The molecular weight excluding hydrogens is 436 g/mol. The molecule has 0 spiro atoms. The van der Waals surface area contributed by atoms with Crippen LogP contribution in [0.4, 0.5) is 0 Å². The molecule has 0 aliphatic rings. The van der Waals surface area contributed by atoms with E-state index >= 15 is 0 Å². The average Bonchev–Trinajstić information content (AvgIpc) is 3.34. The third-order valence-corrected chi connectivity index (χ3v) is 6.48. The molecular formula is C27H19ClN2OS. The molecule has 0 amide bonds. The van der Waals surface area contributed by atoms with Crippen molar-refractivity contribution in [2.24, 2.45) is 0 Å². The van der Waals surface area contributed by atoms with Crippen molar-refractivity contribution in [3.05, 3.63) is 133 Å². The molecule has 32 heavy (non-hydrogen) atoms. The van der Waals surface area contributed by atoms with Crippen molar-refractivity contribution in [1.29, 1.82) is 0 Å². The van der Waals surface area contributed by atoms with Crippen molar-refractivity contribution in [3.63, 3.8) is 0 Å². The maximum atomic E-state index is 12.3. The molecule has 3 aromatic carbocycles. The van der Waals surface area contributed by atoms with E-state index in [-0.39, 0.29) is 11.5 Å². The number of nitrogens with zero attached hydrogens (tertiary/aromatic N) is 1. The van der Waals surface area contributed by atoms with Gasteiger partial charge in [0.1, 0.15) is 5.01 Å². The molecule has 5 heteroatoms. The molecule has 0 radical (unpaired) electrons.